The first kappa shape index (κ1) is 24.8. The Kier molecular flexibility index (Phi) is 7.39. The second kappa shape index (κ2) is 10.1. The van der Waals surface area contributed by atoms with E-state index < -0.39 is 73.1 Å². The van der Waals surface area contributed by atoms with Crippen LogP contribution in [0.25, 0.3) is 6.08 Å². The van der Waals surface area contributed by atoms with Crippen LogP contribution in [0.3, 0.4) is 0 Å². The van der Waals surface area contributed by atoms with Gasteiger partial charge in [-0.2, -0.15) is 0 Å². The summed E-state index contributed by atoms with van der Waals surface area (Å²) in [4.78, 5) is 12.4. The molecule has 2 heterocycles. The Balaban J connectivity index is 1.45. The minimum atomic E-state index is -1.62. The van der Waals surface area contributed by atoms with E-state index in [-0.39, 0.29) is 6.42 Å². The molecule has 5 N–H and O–H groups in total. The van der Waals surface area contributed by atoms with Gasteiger partial charge in [-0.3, -0.25) is 0 Å². The predicted molar refractivity (Wildman–Crippen MR) is 116 cm³/mol. The number of carbonyl (C=O) groups is 1. The highest BCUT2D eigenvalue weighted by atomic mass is 16.8. The zero-order valence-corrected chi connectivity index (χ0v) is 18.6. The van der Waals surface area contributed by atoms with Gasteiger partial charge in [0.2, 0.25) is 6.29 Å². The second-order valence-corrected chi connectivity index (χ2v) is 9.05. The lowest BCUT2D eigenvalue weighted by Crippen LogP contribution is -2.60. The van der Waals surface area contributed by atoms with E-state index in [1.54, 1.807) is 19.1 Å². The van der Waals surface area contributed by atoms with Crippen LogP contribution in [0.5, 0.6) is 0 Å². The standard InChI is InChI=1S/C24H30O10/c1-24(30)11-15(32-17(26)8-7-13-5-3-2-4-6-13)14-9-10-31-22(18(14)24)34-23-21(29)20(28)19(27)16(12-25)33-23/h2-10,14-16,18-23,25,27-30H,11-12H2,1H3. The van der Waals surface area contributed by atoms with Crippen LogP contribution < -0.4 is 0 Å². The maximum absolute atomic E-state index is 12.4. The van der Waals surface area contributed by atoms with Crippen LogP contribution in [0.2, 0.25) is 0 Å². The number of esters is 1. The minimum absolute atomic E-state index is 0.121. The molecule has 2 aliphatic heterocycles. The van der Waals surface area contributed by atoms with Gasteiger partial charge < -0.3 is 44.5 Å². The summed E-state index contributed by atoms with van der Waals surface area (Å²) < 4.78 is 22.3. The number of hydrogen-bond donors (Lipinski definition) is 5. The van der Waals surface area contributed by atoms with Gasteiger partial charge in [0, 0.05) is 18.4 Å². The molecule has 1 aromatic rings. The number of aliphatic hydroxyl groups is 5. The Morgan fingerprint density at radius 1 is 1.15 bits per heavy atom. The van der Waals surface area contributed by atoms with Crippen LogP contribution in [0, 0.1) is 11.8 Å². The first-order chi connectivity index (χ1) is 16.2. The van der Waals surface area contributed by atoms with Gasteiger partial charge in [0.1, 0.15) is 30.5 Å². The van der Waals surface area contributed by atoms with Gasteiger partial charge in [-0.15, -0.1) is 0 Å². The van der Waals surface area contributed by atoms with E-state index in [1.165, 1.54) is 12.3 Å². The molecule has 0 radical (unpaired) electrons. The van der Waals surface area contributed by atoms with Crippen molar-refractivity contribution < 1.29 is 49.3 Å². The smallest absolute Gasteiger partial charge is 0.331 e. The maximum Gasteiger partial charge on any atom is 0.331 e. The third kappa shape index (κ3) is 5.03. The maximum atomic E-state index is 12.4. The Hall–Kier alpha value is -2.31. The molecule has 1 saturated heterocycles. The molecule has 10 atom stereocenters. The fraction of sp³-hybridized carbons (Fsp3) is 0.542. The fourth-order valence-electron chi connectivity index (χ4n) is 4.81. The fourth-order valence-corrected chi connectivity index (χ4v) is 4.81. The van der Waals surface area contributed by atoms with E-state index in [0.717, 1.165) is 5.56 Å². The molecule has 4 rings (SSSR count). The van der Waals surface area contributed by atoms with Crippen molar-refractivity contribution in [1.29, 1.82) is 0 Å². The van der Waals surface area contributed by atoms with Gasteiger partial charge in [-0.1, -0.05) is 30.3 Å². The van der Waals surface area contributed by atoms with Crippen molar-refractivity contribution in [2.45, 2.75) is 62.0 Å². The molecular formula is C24H30O10. The highest BCUT2D eigenvalue weighted by Crippen LogP contribution is 2.48. The molecule has 1 saturated carbocycles. The van der Waals surface area contributed by atoms with Gasteiger partial charge in [-0.25, -0.2) is 4.79 Å². The molecule has 10 unspecified atom stereocenters. The monoisotopic (exact) mass is 478 g/mol. The van der Waals surface area contributed by atoms with Gasteiger partial charge in [0.25, 0.3) is 0 Å². The summed E-state index contributed by atoms with van der Waals surface area (Å²) in [6.45, 7) is 0.971. The summed E-state index contributed by atoms with van der Waals surface area (Å²) in [6, 6.07) is 9.28. The number of aliphatic hydroxyl groups excluding tert-OH is 4. The lowest BCUT2D eigenvalue weighted by atomic mass is 9.85. The number of rotatable bonds is 6. The van der Waals surface area contributed by atoms with Gasteiger partial charge in [-0.05, 0) is 24.6 Å². The van der Waals surface area contributed by atoms with Crippen molar-refractivity contribution >= 4 is 12.0 Å². The molecule has 10 nitrogen and oxygen atoms in total. The highest BCUT2D eigenvalue weighted by molar-refractivity contribution is 5.87. The Morgan fingerprint density at radius 3 is 2.59 bits per heavy atom. The number of hydrogen-bond acceptors (Lipinski definition) is 10. The van der Waals surface area contributed by atoms with Crippen LogP contribution in [0.15, 0.2) is 48.7 Å². The number of fused-ring (bicyclic) bond motifs is 1. The van der Waals surface area contributed by atoms with Crippen LogP contribution in [-0.4, -0.2) is 86.8 Å². The van der Waals surface area contributed by atoms with Gasteiger partial charge in [0.15, 0.2) is 6.29 Å². The third-order valence-corrected chi connectivity index (χ3v) is 6.58. The average Bonchev–Trinajstić information content (AvgIpc) is 3.09. The zero-order chi connectivity index (χ0) is 24.5. The lowest BCUT2D eigenvalue weighted by Gasteiger charge is -2.43. The van der Waals surface area contributed by atoms with E-state index in [9.17, 15) is 30.3 Å². The summed E-state index contributed by atoms with van der Waals surface area (Å²) in [5.41, 5.74) is -0.517. The van der Waals surface area contributed by atoms with Crippen LogP contribution in [0.4, 0.5) is 0 Å². The largest absolute Gasteiger partial charge is 0.472 e. The Morgan fingerprint density at radius 2 is 1.88 bits per heavy atom. The van der Waals surface area contributed by atoms with Crippen LogP contribution in [0.1, 0.15) is 18.9 Å². The molecule has 2 fully saturated rings. The van der Waals surface area contributed by atoms with Crippen LogP contribution >= 0.6 is 0 Å². The van der Waals surface area contributed by atoms with Crippen molar-refractivity contribution in [2.24, 2.45) is 11.8 Å². The van der Waals surface area contributed by atoms with E-state index in [0.29, 0.717) is 0 Å². The topological polar surface area (TPSA) is 155 Å². The van der Waals surface area contributed by atoms with Crippen molar-refractivity contribution in [2.75, 3.05) is 6.61 Å². The Bertz CT molecular complexity index is 898. The molecular weight excluding hydrogens is 448 g/mol. The highest BCUT2D eigenvalue weighted by Gasteiger charge is 2.57. The molecule has 1 aromatic carbocycles. The molecule has 186 valence electrons. The number of benzene rings is 1. The minimum Gasteiger partial charge on any atom is -0.472 e. The molecule has 0 amide bonds. The summed E-state index contributed by atoms with van der Waals surface area (Å²) in [5.74, 6) is -1.70. The summed E-state index contributed by atoms with van der Waals surface area (Å²) in [5, 5.41) is 50.8. The average molecular weight is 478 g/mol. The Labute approximate surface area is 196 Å². The first-order valence-electron chi connectivity index (χ1n) is 11.2. The molecule has 0 spiro atoms. The third-order valence-electron chi connectivity index (χ3n) is 6.58. The molecule has 0 aromatic heterocycles. The van der Waals surface area contributed by atoms with Crippen molar-refractivity contribution in [3.63, 3.8) is 0 Å². The normalized spacial score (nSPS) is 41.8. The summed E-state index contributed by atoms with van der Waals surface area (Å²) in [7, 11) is 0. The predicted octanol–water partition coefficient (Wildman–Crippen LogP) is -0.315. The lowest BCUT2D eigenvalue weighted by molar-refractivity contribution is -0.346. The number of ether oxygens (including phenoxy) is 4. The van der Waals surface area contributed by atoms with Crippen molar-refractivity contribution in [3.05, 3.63) is 54.3 Å². The SMILES string of the molecule is CC1(O)CC(OC(=O)C=Cc2ccccc2)C2C=COC(OC3OC(CO)C(O)C(O)C3O)C21. The zero-order valence-electron chi connectivity index (χ0n) is 18.6. The molecule has 0 bridgehead atoms. The molecule has 10 heteroatoms. The van der Waals surface area contributed by atoms with E-state index in [2.05, 4.69) is 0 Å². The van der Waals surface area contributed by atoms with E-state index >= 15 is 0 Å². The van der Waals surface area contributed by atoms with E-state index in [4.69, 9.17) is 18.9 Å². The quantitative estimate of drug-likeness (QED) is 0.271. The first-order valence-corrected chi connectivity index (χ1v) is 11.2. The summed E-state index contributed by atoms with van der Waals surface area (Å²) >= 11 is 0. The molecule has 34 heavy (non-hydrogen) atoms. The summed E-state index contributed by atoms with van der Waals surface area (Å²) in [6.07, 6.45) is -2.99. The van der Waals surface area contributed by atoms with Crippen molar-refractivity contribution in [3.8, 4) is 0 Å². The van der Waals surface area contributed by atoms with Gasteiger partial charge in [0.05, 0.1) is 24.4 Å². The number of carbonyl (C=O) groups excluding carboxylic acids is 1. The van der Waals surface area contributed by atoms with Gasteiger partial charge >= 0.3 is 5.97 Å². The molecule has 1 aliphatic carbocycles. The van der Waals surface area contributed by atoms with Crippen molar-refractivity contribution in [1.82, 2.24) is 0 Å². The van der Waals surface area contributed by atoms with Crippen LogP contribution in [-0.2, 0) is 23.7 Å². The van der Waals surface area contributed by atoms with E-state index in [1.807, 2.05) is 30.3 Å². The second-order valence-electron chi connectivity index (χ2n) is 9.05. The molecule has 3 aliphatic rings.